The van der Waals surface area contributed by atoms with E-state index in [0.29, 0.717) is 0 Å². The summed E-state index contributed by atoms with van der Waals surface area (Å²) >= 11 is 2.04. The molecule has 1 saturated heterocycles. The number of nitrogens with zero attached hydrogens (tertiary/aromatic N) is 2. The number of hydrogen-bond acceptors (Lipinski definition) is 3. The first-order valence-electron chi connectivity index (χ1n) is 5.15. The molecule has 0 aliphatic carbocycles. The summed E-state index contributed by atoms with van der Waals surface area (Å²) in [5.74, 6) is 2.47. The van der Waals surface area contributed by atoms with E-state index in [-0.39, 0.29) is 5.54 Å². The fourth-order valence-corrected chi connectivity index (χ4v) is 3.42. The van der Waals surface area contributed by atoms with Crippen LogP contribution in [-0.2, 0) is 5.54 Å². The van der Waals surface area contributed by atoms with Gasteiger partial charge in [0.05, 0.1) is 5.54 Å². The Labute approximate surface area is 89.1 Å². The Morgan fingerprint density at radius 3 is 2.79 bits per heavy atom. The lowest BCUT2D eigenvalue weighted by molar-refractivity contribution is 0.218. The summed E-state index contributed by atoms with van der Waals surface area (Å²) in [4.78, 5) is 0. The molecule has 1 aromatic rings. The number of aromatic nitrogens is 2. The first-order chi connectivity index (χ1) is 6.87. The van der Waals surface area contributed by atoms with Gasteiger partial charge in [0, 0.05) is 12.4 Å². The maximum absolute atomic E-state index is 5.70. The highest BCUT2D eigenvalue weighted by molar-refractivity contribution is 7.99. The van der Waals surface area contributed by atoms with Crippen LogP contribution in [0, 0.1) is 0 Å². The third-order valence-corrected chi connectivity index (χ3v) is 4.01. The second-order valence-electron chi connectivity index (χ2n) is 3.83. The van der Waals surface area contributed by atoms with Crippen molar-refractivity contribution in [2.75, 3.05) is 18.1 Å². The van der Waals surface area contributed by atoms with E-state index >= 15 is 0 Å². The van der Waals surface area contributed by atoms with Gasteiger partial charge in [-0.05, 0) is 43.4 Å². The summed E-state index contributed by atoms with van der Waals surface area (Å²) in [7, 11) is 0. The molecule has 0 bridgehead atoms. The molecule has 0 saturated carbocycles. The van der Waals surface area contributed by atoms with Gasteiger partial charge in [-0.1, -0.05) is 0 Å². The van der Waals surface area contributed by atoms with Crippen molar-refractivity contribution in [3.05, 3.63) is 18.5 Å². The number of thioether (sulfide) groups is 1. The molecular weight excluding hydrogens is 194 g/mol. The molecule has 0 unspecified atom stereocenters. The van der Waals surface area contributed by atoms with Crippen LogP contribution < -0.4 is 5.73 Å². The lowest BCUT2D eigenvalue weighted by atomic mass is 9.89. The van der Waals surface area contributed by atoms with Crippen LogP contribution in [0.3, 0.4) is 0 Å². The normalized spacial score (nSPS) is 20.9. The fraction of sp³-hybridized carbons (Fsp3) is 0.700. The maximum Gasteiger partial charge on any atom is 0.0655 e. The Kier molecular flexibility index (Phi) is 3.13. The van der Waals surface area contributed by atoms with Gasteiger partial charge >= 0.3 is 0 Å². The summed E-state index contributed by atoms with van der Waals surface area (Å²) in [5.41, 5.74) is 5.91. The van der Waals surface area contributed by atoms with Crippen molar-refractivity contribution in [1.29, 1.82) is 0 Å². The first-order valence-corrected chi connectivity index (χ1v) is 6.31. The minimum Gasteiger partial charge on any atom is -0.330 e. The summed E-state index contributed by atoms with van der Waals surface area (Å²) in [5, 5.41) is 4.38. The highest BCUT2D eigenvalue weighted by Crippen LogP contribution is 2.35. The highest BCUT2D eigenvalue weighted by atomic mass is 32.2. The summed E-state index contributed by atoms with van der Waals surface area (Å²) in [6, 6.07) is 2.00. The van der Waals surface area contributed by atoms with Gasteiger partial charge in [-0.25, -0.2) is 0 Å². The summed E-state index contributed by atoms with van der Waals surface area (Å²) in [6.07, 6.45) is 7.40. The van der Waals surface area contributed by atoms with E-state index in [0.717, 1.165) is 13.0 Å². The standard InChI is InChI=1S/C10H17N3S/c11-5-2-10(3-8-14-9-4-10)13-7-1-6-12-13/h1,6-7H,2-5,8-9,11H2. The highest BCUT2D eigenvalue weighted by Gasteiger charge is 2.33. The van der Waals surface area contributed by atoms with E-state index in [1.54, 1.807) is 0 Å². The van der Waals surface area contributed by atoms with E-state index in [2.05, 4.69) is 16.0 Å². The zero-order chi connectivity index (χ0) is 9.86. The van der Waals surface area contributed by atoms with Gasteiger partial charge in [0.25, 0.3) is 0 Å². The first kappa shape index (κ1) is 10.1. The third-order valence-electron chi connectivity index (χ3n) is 3.02. The van der Waals surface area contributed by atoms with Crippen molar-refractivity contribution < 1.29 is 0 Å². The van der Waals surface area contributed by atoms with E-state index in [1.807, 2.05) is 24.0 Å². The van der Waals surface area contributed by atoms with Gasteiger partial charge in [0.2, 0.25) is 0 Å². The molecule has 78 valence electrons. The molecule has 1 aromatic heterocycles. The van der Waals surface area contributed by atoms with E-state index in [4.69, 9.17) is 5.73 Å². The lowest BCUT2D eigenvalue weighted by Crippen LogP contribution is -2.39. The Morgan fingerprint density at radius 2 is 2.21 bits per heavy atom. The van der Waals surface area contributed by atoms with Crippen molar-refractivity contribution in [2.45, 2.75) is 24.8 Å². The van der Waals surface area contributed by atoms with Crippen LogP contribution in [0.5, 0.6) is 0 Å². The van der Waals surface area contributed by atoms with Gasteiger partial charge in [0.1, 0.15) is 0 Å². The Hall–Kier alpha value is -0.480. The van der Waals surface area contributed by atoms with Gasteiger partial charge in [-0.15, -0.1) is 0 Å². The third kappa shape index (κ3) is 1.81. The van der Waals surface area contributed by atoms with Crippen molar-refractivity contribution in [1.82, 2.24) is 9.78 Å². The second kappa shape index (κ2) is 4.36. The molecule has 0 aromatic carbocycles. The maximum atomic E-state index is 5.70. The molecule has 1 fully saturated rings. The molecule has 0 radical (unpaired) electrons. The van der Waals surface area contributed by atoms with Crippen LogP contribution in [-0.4, -0.2) is 27.8 Å². The number of rotatable bonds is 3. The average Bonchev–Trinajstić information content (AvgIpc) is 2.73. The van der Waals surface area contributed by atoms with Gasteiger partial charge in [-0.2, -0.15) is 16.9 Å². The Morgan fingerprint density at radius 1 is 1.43 bits per heavy atom. The quantitative estimate of drug-likeness (QED) is 0.823. The molecule has 4 heteroatoms. The molecule has 1 aliphatic heterocycles. The van der Waals surface area contributed by atoms with Gasteiger partial charge in [0.15, 0.2) is 0 Å². The molecular formula is C10H17N3S. The van der Waals surface area contributed by atoms with Crippen LogP contribution in [0.1, 0.15) is 19.3 Å². The van der Waals surface area contributed by atoms with Crippen molar-refractivity contribution in [2.24, 2.45) is 5.73 Å². The average molecular weight is 211 g/mol. The SMILES string of the molecule is NCCC1(n2cccn2)CCSCC1. The molecule has 0 spiro atoms. The van der Waals surface area contributed by atoms with E-state index in [9.17, 15) is 0 Å². The summed E-state index contributed by atoms with van der Waals surface area (Å²) < 4.78 is 2.12. The lowest BCUT2D eigenvalue weighted by Gasteiger charge is -2.37. The zero-order valence-corrected chi connectivity index (χ0v) is 9.17. The van der Waals surface area contributed by atoms with Crippen molar-refractivity contribution >= 4 is 11.8 Å². The second-order valence-corrected chi connectivity index (χ2v) is 5.05. The molecule has 14 heavy (non-hydrogen) atoms. The smallest absolute Gasteiger partial charge is 0.0655 e. The minimum absolute atomic E-state index is 0.212. The largest absolute Gasteiger partial charge is 0.330 e. The van der Waals surface area contributed by atoms with E-state index < -0.39 is 0 Å². The predicted octanol–water partition coefficient (Wildman–Crippen LogP) is 1.45. The van der Waals surface area contributed by atoms with Crippen LogP contribution >= 0.6 is 11.8 Å². The molecule has 3 nitrogen and oxygen atoms in total. The monoisotopic (exact) mass is 211 g/mol. The van der Waals surface area contributed by atoms with Crippen molar-refractivity contribution in [3.63, 3.8) is 0 Å². The minimum atomic E-state index is 0.212. The van der Waals surface area contributed by atoms with E-state index in [1.165, 1.54) is 24.3 Å². The topological polar surface area (TPSA) is 43.8 Å². The van der Waals surface area contributed by atoms with Crippen molar-refractivity contribution in [3.8, 4) is 0 Å². The van der Waals surface area contributed by atoms with Gasteiger partial charge in [-0.3, -0.25) is 4.68 Å². The molecule has 0 amide bonds. The number of nitrogens with two attached hydrogens (primary N) is 1. The molecule has 0 atom stereocenters. The van der Waals surface area contributed by atoms with Gasteiger partial charge < -0.3 is 5.73 Å². The fourth-order valence-electron chi connectivity index (χ4n) is 2.16. The zero-order valence-electron chi connectivity index (χ0n) is 8.35. The van der Waals surface area contributed by atoms with Crippen LogP contribution in [0.4, 0.5) is 0 Å². The number of hydrogen-bond donors (Lipinski definition) is 1. The Bertz CT molecular complexity index is 259. The molecule has 1 aliphatic rings. The van der Waals surface area contributed by atoms with Crippen LogP contribution in [0.2, 0.25) is 0 Å². The van der Waals surface area contributed by atoms with Crippen LogP contribution in [0.25, 0.3) is 0 Å². The molecule has 2 rings (SSSR count). The Balaban J connectivity index is 2.20. The summed E-state index contributed by atoms with van der Waals surface area (Å²) in [6.45, 7) is 0.754. The molecule has 2 heterocycles. The van der Waals surface area contributed by atoms with Crippen LogP contribution in [0.15, 0.2) is 18.5 Å². The molecule has 2 N–H and O–H groups in total. The predicted molar refractivity (Wildman–Crippen MR) is 60.4 cm³/mol.